The first kappa shape index (κ1) is 9.07. The Kier molecular flexibility index (Phi) is 2.38. The van der Waals surface area contributed by atoms with E-state index >= 15 is 0 Å². The average molecular weight is 233 g/mol. The van der Waals surface area contributed by atoms with E-state index in [-0.39, 0.29) is 5.56 Å². The van der Waals surface area contributed by atoms with Gasteiger partial charge in [0, 0.05) is 6.20 Å². The summed E-state index contributed by atoms with van der Waals surface area (Å²) in [5.41, 5.74) is -0.142. The number of halogens is 3. The molecule has 0 spiro atoms. The summed E-state index contributed by atoms with van der Waals surface area (Å²) in [5, 5.41) is 8.34. The predicted molar refractivity (Wildman–Crippen MR) is 41.8 cm³/mol. The molecule has 62 valence electrons. The van der Waals surface area contributed by atoms with Crippen LogP contribution in [0.4, 0.5) is 8.78 Å². The van der Waals surface area contributed by atoms with Crippen molar-refractivity contribution in [3.63, 3.8) is 0 Å². The Morgan fingerprint density at radius 2 is 2.17 bits per heavy atom. The van der Waals surface area contributed by atoms with E-state index in [1.807, 2.05) is 0 Å². The molecule has 0 fully saturated rings. The lowest BCUT2D eigenvalue weighted by atomic mass is 10.3. The fourth-order valence-corrected chi connectivity index (χ4v) is 0.862. The summed E-state index contributed by atoms with van der Waals surface area (Å²) >= 11 is 2.15. The molecule has 1 rings (SSSR count). The second kappa shape index (κ2) is 3.15. The van der Waals surface area contributed by atoms with E-state index < -0.39 is 10.5 Å². The van der Waals surface area contributed by atoms with Crippen LogP contribution in [0.1, 0.15) is 11.3 Å². The molecule has 0 aliphatic rings. The molecule has 0 aliphatic heterocycles. The zero-order valence-electron chi connectivity index (χ0n) is 5.76. The summed E-state index contributed by atoms with van der Waals surface area (Å²) in [4.78, 5) is 0.277. The normalized spacial score (nSPS) is 10.8. The number of hydrogen-bond acceptors (Lipinski definition) is 2. The van der Waals surface area contributed by atoms with Gasteiger partial charge in [-0.25, -0.2) is 0 Å². The Labute approximate surface area is 76.0 Å². The van der Waals surface area contributed by atoms with Crippen molar-refractivity contribution in [1.29, 1.82) is 5.26 Å². The van der Waals surface area contributed by atoms with Crippen molar-refractivity contribution in [2.45, 2.75) is 4.83 Å². The topological polar surface area (TPSA) is 36.7 Å². The van der Waals surface area contributed by atoms with Crippen LogP contribution in [0.15, 0.2) is 18.3 Å². The van der Waals surface area contributed by atoms with Crippen LogP contribution in [0.5, 0.6) is 0 Å². The number of nitrogens with zero attached hydrogens (tertiary/aromatic N) is 2. The van der Waals surface area contributed by atoms with Gasteiger partial charge in [-0.2, -0.15) is 14.0 Å². The van der Waals surface area contributed by atoms with Gasteiger partial charge in [0.1, 0.15) is 11.8 Å². The third-order valence-corrected chi connectivity index (χ3v) is 1.59. The van der Waals surface area contributed by atoms with E-state index in [2.05, 4.69) is 20.9 Å². The molecule has 1 aromatic heterocycles. The molecule has 0 aromatic carbocycles. The maximum Gasteiger partial charge on any atom is 0.343 e. The highest BCUT2D eigenvalue weighted by molar-refractivity contribution is 9.09. The molecule has 1 heterocycles. The van der Waals surface area contributed by atoms with E-state index in [9.17, 15) is 8.78 Å². The van der Waals surface area contributed by atoms with Crippen LogP contribution in [-0.2, 0) is 4.83 Å². The monoisotopic (exact) mass is 232 g/mol. The van der Waals surface area contributed by atoms with Crippen molar-refractivity contribution in [1.82, 2.24) is 4.98 Å². The van der Waals surface area contributed by atoms with Crippen molar-refractivity contribution in [3.8, 4) is 6.07 Å². The molecule has 0 saturated carbocycles. The van der Waals surface area contributed by atoms with Gasteiger partial charge in [0.25, 0.3) is 0 Å². The predicted octanol–water partition coefficient (Wildman–Crippen LogP) is 2.40. The quantitative estimate of drug-likeness (QED) is 0.698. The van der Waals surface area contributed by atoms with Gasteiger partial charge in [-0.1, -0.05) is 0 Å². The highest BCUT2D eigenvalue weighted by Gasteiger charge is 2.28. The van der Waals surface area contributed by atoms with Crippen molar-refractivity contribution in [3.05, 3.63) is 29.6 Å². The number of nitriles is 1. The molecule has 0 N–H and O–H groups in total. The summed E-state index contributed by atoms with van der Waals surface area (Å²) in [5.74, 6) is 0. The van der Waals surface area contributed by atoms with Crippen LogP contribution in [0, 0.1) is 11.3 Å². The Morgan fingerprint density at radius 3 is 2.50 bits per heavy atom. The molecule has 0 aliphatic carbocycles. The van der Waals surface area contributed by atoms with Crippen LogP contribution in [0.2, 0.25) is 0 Å². The molecule has 5 heteroatoms. The standard InChI is InChI=1S/C7H3BrF2N2/c8-7(9,10)6-2-1-5(3-11)4-12-6/h1-2,4H. The van der Waals surface area contributed by atoms with Crippen LogP contribution >= 0.6 is 15.9 Å². The van der Waals surface area contributed by atoms with Crippen LogP contribution in [0.25, 0.3) is 0 Å². The Balaban J connectivity index is 3.02. The second-order valence-corrected chi connectivity index (χ2v) is 3.04. The van der Waals surface area contributed by atoms with Crippen LogP contribution < -0.4 is 0 Å². The molecule has 0 amide bonds. The van der Waals surface area contributed by atoms with Crippen molar-refractivity contribution in [2.75, 3.05) is 0 Å². The largest absolute Gasteiger partial charge is 0.343 e. The molecule has 0 unspecified atom stereocenters. The Morgan fingerprint density at radius 1 is 1.50 bits per heavy atom. The number of aromatic nitrogens is 1. The fraction of sp³-hybridized carbons (Fsp3) is 0.143. The minimum Gasteiger partial charge on any atom is -0.253 e. The third kappa shape index (κ3) is 1.98. The average Bonchev–Trinajstić information content (AvgIpc) is 2.03. The van der Waals surface area contributed by atoms with Gasteiger partial charge in [0.05, 0.1) is 5.56 Å². The van der Waals surface area contributed by atoms with Gasteiger partial charge in [-0.3, -0.25) is 4.98 Å². The highest BCUT2D eigenvalue weighted by atomic mass is 79.9. The molecular weight excluding hydrogens is 230 g/mol. The molecular formula is C7H3BrF2N2. The van der Waals surface area contributed by atoms with E-state index in [0.29, 0.717) is 0 Å². The molecule has 0 atom stereocenters. The summed E-state index contributed by atoms with van der Waals surface area (Å²) in [7, 11) is 0. The van der Waals surface area contributed by atoms with Crippen LogP contribution in [0.3, 0.4) is 0 Å². The first-order valence-corrected chi connectivity index (χ1v) is 3.76. The molecule has 1 aromatic rings. The lowest BCUT2D eigenvalue weighted by Crippen LogP contribution is -2.04. The number of rotatable bonds is 1. The van der Waals surface area contributed by atoms with E-state index in [1.54, 1.807) is 6.07 Å². The second-order valence-electron chi connectivity index (χ2n) is 2.04. The molecule has 0 saturated heterocycles. The first-order valence-electron chi connectivity index (χ1n) is 2.97. The highest BCUT2D eigenvalue weighted by Crippen LogP contribution is 2.32. The summed E-state index contributed by atoms with van der Waals surface area (Å²) in [6.07, 6.45) is 1.10. The van der Waals surface area contributed by atoms with E-state index in [1.165, 1.54) is 6.07 Å². The number of alkyl halides is 3. The Bertz CT molecular complexity index is 310. The lowest BCUT2D eigenvalue weighted by molar-refractivity contribution is 0.109. The molecule has 2 nitrogen and oxygen atoms in total. The smallest absolute Gasteiger partial charge is 0.253 e. The van der Waals surface area contributed by atoms with Crippen molar-refractivity contribution < 1.29 is 8.78 Å². The van der Waals surface area contributed by atoms with Gasteiger partial charge in [0.15, 0.2) is 0 Å². The van der Waals surface area contributed by atoms with Gasteiger partial charge < -0.3 is 0 Å². The maximum atomic E-state index is 12.5. The molecule has 12 heavy (non-hydrogen) atoms. The lowest BCUT2D eigenvalue weighted by Gasteiger charge is -2.05. The van der Waals surface area contributed by atoms with Gasteiger partial charge in [-0.05, 0) is 28.1 Å². The fourth-order valence-electron chi connectivity index (χ4n) is 0.628. The Hall–Kier alpha value is -1.02. The number of hydrogen-bond donors (Lipinski definition) is 0. The van der Waals surface area contributed by atoms with Gasteiger partial charge >= 0.3 is 4.83 Å². The summed E-state index contributed by atoms with van der Waals surface area (Å²) in [6.45, 7) is 0. The zero-order valence-corrected chi connectivity index (χ0v) is 7.35. The van der Waals surface area contributed by atoms with E-state index in [0.717, 1.165) is 12.3 Å². The van der Waals surface area contributed by atoms with Crippen molar-refractivity contribution >= 4 is 15.9 Å². The minimum atomic E-state index is -3.12. The summed E-state index contributed by atoms with van der Waals surface area (Å²) in [6, 6.07) is 4.18. The zero-order chi connectivity index (χ0) is 9.19. The molecule has 0 bridgehead atoms. The molecule has 0 radical (unpaired) electrons. The summed E-state index contributed by atoms with van der Waals surface area (Å²) < 4.78 is 24.9. The minimum absolute atomic E-state index is 0.260. The third-order valence-electron chi connectivity index (χ3n) is 1.18. The maximum absolute atomic E-state index is 12.5. The van der Waals surface area contributed by atoms with Gasteiger partial charge in [0.2, 0.25) is 0 Å². The van der Waals surface area contributed by atoms with Crippen molar-refractivity contribution in [2.24, 2.45) is 0 Å². The number of pyridine rings is 1. The van der Waals surface area contributed by atoms with Crippen LogP contribution in [-0.4, -0.2) is 4.98 Å². The van der Waals surface area contributed by atoms with Gasteiger partial charge in [-0.15, -0.1) is 0 Å². The first-order chi connectivity index (χ1) is 5.54. The SMILES string of the molecule is N#Cc1ccc(C(F)(F)Br)nc1. The van der Waals surface area contributed by atoms with E-state index in [4.69, 9.17) is 5.26 Å².